The van der Waals surface area contributed by atoms with Crippen molar-refractivity contribution >= 4 is 23.0 Å². The van der Waals surface area contributed by atoms with E-state index in [0.717, 1.165) is 0 Å². The van der Waals surface area contributed by atoms with Crippen molar-refractivity contribution in [2.24, 2.45) is 0 Å². The van der Waals surface area contributed by atoms with Crippen LogP contribution in [0.3, 0.4) is 0 Å². The van der Waals surface area contributed by atoms with Gasteiger partial charge in [-0.3, -0.25) is 10.1 Å². The summed E-state index contributed by atoms with van der Waals surface area (Å²) in [5.74, 6) is -0.842. The van der Waals surface area contributed by atoms with Crippen LogP contribution in [0.4, 0.5) is 21.5 Å². The predicted molar refractivity (Wildman–Crippen MR) is 95.3 cm³/mol. The quantitative estimate of drug-likeness (QED) is 0.475. The minimum absolute atomic E-state index is 0.0722. The zero-order valence-electron chi connectivity index (χ0n) is 14.2. The van der Waals surface area contributed by atoms with E-state index in [1.807, 2.05) is 9.80 Å². The van der Waals surface area contributed by atoms with Crippen molar-refractivity contribution in [1.29, 1.82) is 0 Å². The van der Waals surface area contributed by atoms with E-state index in [4.69, 9.17) is 0 Å². The molecule has 0 radical (unpaired) electrons. The van der Waals surface area contributed by atoms with Gasteiger partial charge in [0.15, 0.2) is 0 Å². The number of carbonyl (C=O) groups is 1. The number of hydrogen-bond donors (Lipinski definition) is 0. The number of para-hydroxylation sites is 1. The number of rotatable bonds is 4. The van der Waals surface area contributed by atoms with Crippen LogP contribution in [0, 0.1) is 15.9 Å². The maximum Gasteiger partial charge on any atom is 0.337 e. The van der Waals surface area contributed by atoms with Gasteiger partial charge in [-0.05, 0) is 24.3 Å². The van der Waals surface area contributed by atoms with Crippen LogP contribution in [0.25, 0.3) is 0 Å². The molecule has 1 aliphatic rings. The maximum atomic E-state index is 13.9. The fourth-order valence-electron chi connectivity index (χ4n) is 3.07. The molecule has 1 fully saturated rings. The molecule has 0 aromatic heterocycles. The monoisotopic (exact) mass is 359 g/mol. The second-order valence-electron chi connectivity index (χ2n) is 5.88. The number of nitro benzene ring substituents is 1. The average molecular weight is 359 g/mol. The summed E-state index contributed by atoms with van der Waals surface area (Å²) in [6.45, 7) is 1.97. The molecule has 26 heavy (non-hydrogen) atoms. The highest BCUT2D eigenvalue weighted by molar-refractivity contribution is 5.91. The Kier molecular flexibility index (Phi) is 5.01. The summed E-state index contributed by atoms with van der Waals surface area (Å²) >= 11 is 0. The summed E-state index contributed by atoms with van der Waals surface area (Å²) in [5.41, 5.74) is 1.07. The van der Waals surface area contributed by atoms with Crippen LogP contribution >= 0.6 is 0 Å². The third-order valence-electron chi connectivity index (χ3n) is 4.41. The van der Waals surface area contributed by atoms with Gasteiger partial charge < -0.3 is 14.5 Å². The number of methoxy groups -OCH3 is 1. The van der Waals surface area contributed by atoms with E-state index >= 15 is 0 Å². The number of ether oxygens (including phenoxy) is 1. The molecule has 1 saturated heterocycles. The summed E-state index contributed by atoms with van der Waals surface area (Å²) in [4.78, 5) is 26.4. The fourth-order valence-corrected chi connectivity index (χ4v) is 3.07. The van der Waals surface area contributed by atoms with E-state index < -0.39 is 10.9 Å². The standard InChI is InChI=1S/C18H18FN3O4/c1-26-18(23)13-6-7-16(22(24)25)17(12-13)21-10-8-20(9-11-21)15-5-3-2-4-14(15)19/h2-7,12H,8-11H2,1H3. The molecule has 0 amide bonds. The molecule has 2 aromatic rings. The van der Waals surface area contributed by atoms with E-state index in [9.17, 15) is 19.3 Å². The Morgan fingerprint density at radius 2 is 1.69 bits per heavy atom. The Morgan fingerprint density at radius 1 is 1.08 bits per heavy atom. The van der Waals surface area contributed by atoms with Crippen molar-refractivity contribution in [3.63, 3.8) is 0 Å². The van der Waals surface area contributed by atoms with Gasteiger partial charge in [0.25, 0.3) is 5.69 Å². The van der Waals surface area contributed by atoms with Crippen LogP contribution < -0.4 is 9.80 Å². The van der Waals surface area contributed by atoms with Crippen LogP contribution in [0.1, 0.15) is 10.4 Å². The molecule has 1 heterocycles. The number of esters is 1. The highest BCUT2D eigenvalue weighted by Crippen LogP contribution is 2.31. The lowest BCUT2D eigenvalue weighted by Crippen LogP contribution is -2.47. The zero-order chi connectivity index (χ0) is 18.7. The van der Waals surface area contributed by atoms with Crippen molar-refractivity contribution in [3.8, 4) is 0 Å². The van der Waals surface area contributed by atoms with Gasteiger partial charge in [0.2, 0.25) is 0 Å². The fraction of sp³-hybridized carbons (Fsp3) is 0.278. The topological polar surface area (TPSA) is 75.9 Å². The minimum atomic E-state index is -0.550. The first-order chi connectivity index (χ1) is 12.5. The smallest absolute Gasteiger partial charge is 0.337 e. The summed E-state index contributed by atoms with van der Waals surface area (Å²) in [5, 5.41) is 11.3. The highest BCUT2D eigenvalue weighted by Gasteiger charge is 2.26. The van der Waals surface area contributed by atoms with Gasteiger partial charge in [0.05, 0.1) is 23.3 Å². The van der Waals surface area contributed by atoms with Gasteiger partial charge >= 0.3 is 5.97 Å². The Hall–Kier alpha value is -3.16. The molecule has 0 unspecified atom stereocenters. The Labute approximate surface area is 149 Å². The van der Waals surface area contributed by atoms with E-state index in [1.165, 1.54) is 31.4 Å². The normalized spacial score (nSPS) is 14.2. The van der Waals surface area contributed by atoms with Crippen molar-refractivity contribution in [1.82, 2.24) is 0 Å². The molecule has 0 saturated carbocycles. The Bertz CT molecular complexity index is 835. The first-order valence-electron chi connectivity index (χ1n) is 8.12. The second-order valence-corrected chi connectivity index (χ2v) is 5.88. The van der Waals surface area contributed by atoms with Crippen molar-refractivity contribution in [2.45, 2.75) is 0 Å². The first-order valence-corrected chi connectivity index (χ1v) is 8.12. The van der Waals surface area contributed by atoms with Crippen LogP contribution in [-0.4, -0.2) is 44.2 Å². The largest absolute Gasteiger partial charge is 0.465 e. The third kappa shape index (κ3) is 3.44. The van der Waals surface area contributed by atoms with Gasteiger partial charge in [-0.1, -0.05) is 12.1 Å². The van der Waals surface area contributed by atoms with Crippen molar-refractivity contribution in [3.05, 3.63) is 64.0 Å². The van der Waals surface area contributed by atoms with E-state index in [-0.39, 0.29) is 17.1 Å². The lowest BCUT2D eigenvalue weighted by Gasteiger charge is -2.37. The van der Waals surface area contributed by atoms with Crippen LogP contribution in [0.15, 0.2) is 42.5 Å². The SMILES string of the molecule is COC(=O)c1ccc([N+](=O)[O-])c(N2CCN(c3ccccc3F)CC2)c1. The lowest BCUT2D eigenvalue weighted by atomic mass is 10.1. The number of carbonyl (C=O) groups excluding carboxylic acids is 1. The van der Waals surface area contributed by atoms with Crippen LogP contribution in [-0.2, 0) is 4.74 Å². The number of nitro groups is 1. The lowest BCUT2D eigenvalue weighted by molar-refractivity contribution is -0.384. The molecular weight excluding hydrogens is 341 g/mol. The molecule has 1 aliphatic heterocycles. The number of nitrogens with zero attached hydrogens (tertiary/aromatic N) is 3. The molecule has 0 bridgehead atoms. The summed E-state index contributed by atoms with van der Waals surface area (Å²) in [6.07, 6.45) is 0. The first kappa shape index (κ1) is 17.7. The molecule has 136 valence electrons. The van der Waals surface area contributed by atoms with E-state index in [0.29, 0.717) is 37.6 Å². The summed E-state index contributed by atoms with van der Waals surface area (Å²) in [7, 11) is 1.26. The van der Waals surface area contributed by atoms with Gasteiger partial charge in [0.1, 0.15) is 11.5 Å². The number of benzene rings is 2. The summed E-state index contributed by atoms with van der Waals surface area (Å²) in [6, 6.07) is 10.7. The molecule has 7 nitrogen and oxygen atoms in total. The number of hydrogen-bond acceptors (Lipinski definition) is 6. The number of anilines is 2. The Morgan fingerprint density at radius 3 is 2.27 bits per heavy atom. The molecule has 0 spiro atoms. The maximum absolute atomic E-state index is 13.9. The number of halogens is 1. The molecule has 3 rings (SSSR count). The van der Waals surface area contributed by atoms with Crippen molar-refractivity contribution in [2.75, 3.05) is 43.1 Å². The highest BCUT2D eigenvalue weighted by atomic mass is 19.1. The molecule has 0 N–H and O–H groups in total. The Balaban J connectivity index is 1.83. The number of piperazine rings is 1. The zero-order valence-corrected chi connectivity index (χ0v) is 14.2. The van der Waals surface area contributed by atoms with Crippen molar-refractivity contribution < 1.29 is 18.8 Å². The van der Waals surface area contributed by atoms with Crippen LogP contribution in [0.5, 0.6) is 0 Å². The molecule has 2 aromatic carbocycles. The van der Waals surface area contributed by atoms with Gasteiger partial charge in [-0.15, -0.1) is 0 Å². The average Bonchev–Trinajstić information content (AvgIpc) is 2.67. The van der Waals surface area contributed by atoms with E-state index in [1.54, 1.807) is 18.2 Å². The van der Waals surface area contributed by atoms with Crippen LogP contribution in [0.2, 0.25) is 0 Å². The van der Waals surface area contributed by atoms with Gasteiger partial charge in [0, 0.05) is 32.2 Å². The molecule has 8 heteroatoms. The molecule has 0 aliphatic carbocycles. The molecular formula is C18H18FN3O4. The van der Waals surface area contributed by atoms with E-state index in [2.05, 4.69) is 4.74 Å². The summed E-state index contributed by atoms with van der Waals surface area (Å²) < 4.78 is 18.6. The third-order valence-corrected chi connectivity index (χ3v) is 4.41. The van der Waals surface area contributed by atoms with Gasteiger partial charge in [-0.25, -0.2) is 9.18 Å². The minimum Gasteiger partial charge on any atom is -0.465 e. The van der Waals surface area contributed by atoms with Gasteiger partial charge in [-0.2, -0.15) is 0 Å². The molecule has 0 atom stereocenters. The second kappa shape index (κ2) is 7.38. The predicted octanol–water partition coefficient (Wildman–Crippen LogP) is 2.85.